The van der Waals surface area contributed by atoms with E-state index in [2.05, 4.69) is 20.8 Å². The molecule has 0 aromatic heterocycles. The zero-order valence-corrected chi connectivity index (χ0v) is 16.0. The van der Waals surface area contributed by atoms with Crippen LogP contribution in [0.5, 0.6) is 17.2 Å². The Kier molecular flexibility index (Phi) is 5.65. The number of para-hydroxylation sites is 1. The third-order valence-corrected chi connectivity index (χ3v) is 4.90. The van der Waals surface area contributed by atoms with E-state index in [1.165, 1.54) is 19.3 Å². The first kappa shape index (κ1) is 18.5. The van der Waals surface area contributed by atoms with E-state index in [1.54, 1.807) is 0 Å². The molecule has 0 radical (unpaired) electrons. The van der Waals surface area contributed by atoms with Crippen molar-refractivity contribution in [3.05, 3.63) is 53.6 Å². The molecule has 0 heterocycles. The lowest BCUT2D eigenvalue weighted by atomic mass is 9.85. The van der Waals surface area contributed by atoms with Crippen LogP contribution in [0.4, 0.5) is 0 Å². The summed E-state index contributed by atoms with van der Waals surface area (Å²) in [5, 5.41) is 10.8. The lowest BCUT2D eigenvalue weighted by Crippen LogP contribution is -2.13. The van der Waals surface area contributed by atoms with Crippen LogP contribution >= 0.6 is 0 Å². The topological polar surface area (TPSA) is 41.8 Å². The van der Waals surface area contributed by atoms with Crippen molar-refractivity contribution >= 4 is 6.21 Å². The monoisotopic (exact) mass is 351 g/mol. The molecule has 1 saturated carbocycles. The van der Waals surface area contributed by atoms with Crippen LogP contribution in [0.2, 0.25) is 0 Å². The largest absolute Gasteiger partial charge is 0.507 e. The normalized spacial score (nSPS) is 16.1. The lowest BCUT2D eigenvalue weighted by molar-refractivity contribution is 0.435. The van der Waals surface area contributed by atoms with Gasteiger partial charge in [-0.1, -0.05) is 58.2 Å². The summed E-state index contributed by atoms with van der Waals surface area (Å²) < 4.78 is 6.03. The summed E-state index contributed by atoms with van der Waals surface area (Å²) in [6, 6.07) is 13.9. The minimum atomic E-state index is -0.187. The predicted molar refractivity (Wildman–Crippen MR) is 108 cm³/mol. The summed E-state index contributed by atoms with van der Waals surface area (Å²) in [5.41, 5.74) is 1.41. The predicted octanol–water partition coefficient (Wildman–Crippen LogP) is 6.23. The Bertz CT molecular complexity index is 754. The summed E-state index contributed by atoms with van der Waals surface area (Å²) >= 11 is 0. The minimum absolute atomic E-state index is 0.187. The first-order valence-electron chi connectivity index (χ1n) is 9.57. The fourth-order valence-electron chi connectivity index (χ4n) is 3.40. The molecule has 0 saturated heterocycles. The van der Waals surface area contributed by atoms with Gasteiger partial charge in [0.15, 0.2) is 0 Å². The van der Waals surface area contributed by atoms with Crippen LogP contribution in [-0.4, -0.2) is 17.4 Å². The highest BCUT2D eigenvalue weighted by atomic mass is 16.5. The molecular weight excluding hydrogens is 322 g/mol. The van der Waals surface area contributed by atoms with Gasteiger partial charge >= 0.3 is 0 Å². The highest BCUT2D eigenvalue weighted by Gasteiger charge is 2.22. The van der Waals surface area contributed by atoms with Gasteiger partial charge in [-0.25, -0.2) is 0 Å². The molecule has 0 atom stereocenters. The highest BCUT2D eigenvalue weighted by Crippen LogP contribution is 2.37. The quantitative estimate of drug-likeness (QED) is 0.663. The number of rotatable bonds is 4. The second kappa shape index (κ2) is 7.94. The number of phenols is 1. The van der Waals surface area contributed by atoms with Crippen LogP contribution in [0.25, 0.3) is 0 Å². The summed E-state index contributed by atoms with van der Waals surface area (Å²) in [5.74, 6) is 1.81. The van der Waals surface area contributed by atoms with Gasteiger partial charge in [0.2, 0.25) is 0 Å². The Balaban J connectivity index is 1.93. The van der Waals surface area contributed by atoms with Gasteiger partial charge in [-0.2, -0.15) is 0 Å². The number of hydrogen-bond acceptors (Lipinski definition) is 3. The Labute approximate surface area is 156 Å². The Morgan fingerprint density at radius 3 is 2.35 bits per heavy atom. The van der Waals surface area contributed by atoms with Crippen molar-refractivity contribution in [1.29, 1.82) is 0 Å². The molecule has 138 valence electrons. The maximum Gasteiger partial charge on any atom is 0.128 e. The van der Waals surface area contributed by atoms with E-state index in [-0.39, 0.29) is 5.41 Å². The molecule has 2 aromatic carbocycles. The van der Waals surface area contributed by atoms with E-state index in [1.807, 2.05) is 48.7 Å². The Hall–Kier alpha value is -2.29. The zero-order valence-electron chi connectivity index (χ0n) is 16.0. The Morgan fingerprint density at radius 1 is 1.00 bits per heavy atom. The minimum Gasteiger partial charge on any atom is -0.507 e. The molecule has 3 nitrogen and oxygen atoms in total. The van der Waals surface area contributed by atoms with Crippen LogP contribution in [0.3, 0.4) is 0 Å². The van der Waals surface area contributed by atoms with Gasteiger partial charge in [0, 0.05) is 23.4 Å². The fraction of sp³-hybridized carbons (Fsp3) is 0.435. The van der Waals surface area contributed by atoms with Crippen LogP contribution in [0, 0.1) is 0 Å². The third kappa shape index (κ3) is 4.66. The maximum atomic E-state index is 10.8. The average Bonchev–Trinajstić information content (AvgIpc) is 2.62. The summed E-state index contributed by atoms with van der Waals surface area (Å²) in [6.07, 6.45) is 7.92. The van der Waals surface area contributed by atoms with E-state index < -0.39 is 0 Å². The van der Waals surface area contributed by atoms with Crippen LogP contribution in [0.15, 0.2) is 47.5 Å². The average molecular weight is 351 g/mol. The molecule has 1 N–H and O–H groups in total. The number of benzene rings is 2. The molecule has 26 heavy (non-hydrogen) atoms. The number of ether oxygens (including phenoxy) is 1. The molecule has 0 bridgehead atoms. The SMILES string of the molecule is CC(C)(C)c1cc(Oc2ccccc2)cc(C=NC2CCCCC2)c1O. The van der Waals surface area contributed by atoms with E-state index in [0.717, 1.165) is 35.5 Å². The third-order valence-electron chi connectivity index (χ3n) is 4.90. The highest BCUT2D eigenvalue weighted by molar-refractivity contribution is 5.85. The molecule has 0 unspecified atom stereocenters. The van der Waals surface area contributed by atoms with Crippen LogP contribution in [-0.2, 0) is 5.41 Å². The summed E-state index contributed by atoms with van der Waals surface area (Å²) in [6.45, 7) is 6.28. The van der Waals surface area contributed by atoms with Crippen molar-refractivity contribution in [3.8, 4) is 17.2 Å². The second-order valence-electron chi connectivity index (χ2n) is 8.14. The number of phenolic OH excluding ortho intramolecular Hbond substituents is 1. The Morgan fingerprint density at radius 2 is 1.69 bits per heavy atom. The van der Waals surface area contributed by atoms with E-state index in [9.17, 15) is 5.11 Å². The molecule has 0 amide bonds. The van der Waals surface area contributed by atoms with E-state index in [0.29, 0.717) is 11.8 Å². The summed E-state index contributed by atoms with van der Waals surface area (Å²) in [4.78, 5) is 4.75. The van der Waals surface area contributed by atoms with Gasteiger partial charge in [0.05, 0.1) is 0 Å². The van der Waals surface area contributed by atoms with Gasteiger partial charge in [-0.05, 0) is 42.5 Å². The number of aliphatic imine (C=N–C) groups is 1. The van der Waals surface area contributed by atoms with Gasteiger partial charge < -0.3 is 9.84 Å². The van der Waals surface area contributed by atoms with Gasteiger partial charge in [-0.3, -0.25) is 4.99 Å². The van der Waals surface area contributed by atoms with Gasteiger partial charge in [0.1, 0.15) is 17.2 Å². The number of aromatic hydroxyl groups is 1. The van der Waals surface area contributed by atoms with Crippen LogP contribution < -0.4 is 4.74 Å². The van der Waals surface area contributed by atoms with Crippen molar-refractivity contribution in [1.82, 2.24) is 0 Å². The van der Waals surface area contributed by atoms with Gasteiger partial charge in [-0.15, -0.1) is 0 Å². The molecule has 3 rings (SSSR count). The zero-order chi connectivity index (χ0) is 18.6. The first-order chi connectivity index (χ1) is 12.4. The molecule has 1 aliphatic rings. The molecule has 0 aliphatic heterocycles. The van der Waals surface area contributed by atoms with Crippen molar-refractivity contribution in [2.45, 2.75) is 64.3 Å². The number of nitrogens with zero attached hydrogens (tertiary/aromatic N) is 1. The van der Waals surface area contributed by atoms with Crippen molar-refractivity contribution < 1.29 is 9.84 Å². The summed E-state index contributed by atoms with van der Waals surface area (Å²) in [7, 11) is 0. The number of hydrogen-bond donors (Lipinski definition) is 1. The van der Waals surface area contributed by atoms with E-state index >= 15 is 0 Å². The van der Waals surface area contributed by atoms with E-state index in [4.69, 9.17) is 9.73 Å². The van der Waals surface area contributed by atoms with Crippen LogP contribution in [0.1, 0.15) is 64.0 Å². The molecule has 0 spiro atoms. The second-order valence-corrected chi connectivity index (χ2v) is 8.14. The van der Waals surface area contributed by atoms with Crippen molar-refractivity contribution in [2.24, 2.45) is 4.99 Å². The maximum absolute atomic E-state index is 10.8. The molecule has 1 fully saturated rings. The van der Waals surface area contributed by atoms with Gasteiger partial charge in [0.25, 0.3) is 0 Å². The molecular formula is C23H29NO2. The lowest BCUT2D eigenvalue weighted by Gasteiger charge is -2.23. The molecule has 3 heteroatoms. The fourth-order valence-corrected chi connectivity index (χ4v) is 3.40. The standard InChI is InChI=1S/C23H29NO2/c1-23(2,3)21-15-20(26-19-12-8-5-9-13-19)14-17(22(21)25)16-24-18-10-6-4-7-11-18/h5,8-9,12-16,18,25H,4,6-7,10-11H2,1-3H3. The first-order valence-corrected chi connectivity index (χ1v) is 9.57. The molecule has 1 aliphatic carbocycles. The van der Waals surface area contributed by atoms with Crippen molar-refractivity contribution in [3.63, 3.8) is 0 Å². The molecule has 2 aromatic rings. The smallest absolute Gasteiger partial charge is 0.128 e. The van der Waals surface area contributed by atoms with Crippen molar-refractivity contribution in [2.75, 3.05) is 0 Å².